The van der Waals surface area contributed by atoms with Gasteiger partial charge in [-0.3, -0.25) is 9.59 Å². The zero-order chi connectivity index (χ0) is 17.0. The van der Waals surface area contributed by atoms with E-state index in [-0.39, 0.29) is 17.5 Å². The Hall–Kier alpha value is -2.82. The summed E-state index contributed by atoms with van der Waals surface area (Å²) in [6.07, 6.45) is 0.451. The molecule has 0 aliphatic carbocycles. The molecular formula is C12H16N8O2S. The van der Waals surface area contributed by atoms with E-state index in [1.165, 1.54) is 11.5 Å². The Bertz CT molecular complexity index is 732. The summed E-state index contributed by atoms with van der Waals surface area (Å²) in [5.41, 5.74) is 11.2. The third-order valence-corrected chi connectivity index (χ3v) is 3.64. The number of primary amides is 2. The highest BCUT2D eigenvalue weighted by molar-refractivity contribution is 7.10. The first kappa shape index (κ1) is 16.5. The summed E-state index contributed by atoms with van der Waals surface area (Å²) in [5.74, 6) is -1.13. The second-order valence-corrected chi connectivity index (χ2v) is 5.47. The van der Waals surface area contributed by atoms with E-state index < -0.39 is 17.9 Å². The summed E-state index contributed by atoms with van der Waals surface area (Å²) in [7, 11) is 0. The number of amides is 2. The third-order valence-electron chi connectivity index (χ3n) is 2.84. The van der Waals surface area contributed by atoms with Crippen LogP contribution in [0.3, 0.4) is 0 Å². The highest BCUT2D eigenvalue weighted by Crippen LogP contribution is 2.22. The van der Waals surface area contributed by atoms with E-state index >= 15 is 0 Å². The molecule has 10 nitrogen and oxygen atoms in total. The maximum absolute atomic E-state index is 11.4. The summed E-state index contributed by atoms with van der Waals surface area (Å²) in [6, 6.07) is 1.14. The van der Waals surface area contributed by atoms with Crippen LogP contribution in [0.2, 0.25) is 0 Å². The predicted molar refractivity (Wildman–Crippen MR) is 85.4 cm³/mol. The molecule has 2 rings (SSSR count). The summed E-state index contributed by atoms with van der Waals surface area (Å²) in [6.45, 7) is 3.62. The van der Waals surface area contributed by atoms with Crippen molar-refractivity contribution < 1.29 is 9.59 Å². The molecule has 2 heterocycles. The lowest BCUT2D eigenvalue weighted by Gasteiger charge is -2.14. The van der Waals surface area contributed by atoms with E-state index in [1.54, 1.807) is 13.0 Å². The maximum Gasteiger partial charge on any atom is 0.273 e. The van der Waals surface area contributed by atoms with Gasteiger partial charge in [-0.2, -0.15) is 9.36 Å². The fraction of sp³-hybridized carbons (Fsp3) is 0.333. The first-order chi connectivity index (χ1) is 10.9. The van der Waals surface area contributed by atoms with E-state index in [0.717, 1.165) is 5.69 Å². The Labute approximate surface area is 135 Å². The normalized spacial score (nSPS) is 11.7. The number of nitrogens with two attached hydrogens (primary N) is 2. The van der Waals surface area contributed by atoms with Gasteiger partial charge in [0.25, 0.3) is 5.91 Å². The Morgan fingerprint density at radius 3 is 2.61 bits per heavy atom. The average Bonchev–Trinajstić information content (AvgIpc) is 2.89. The van der Waals surface area contributed by atoms with Crippen LogP contribution in [-0.2, 0) is 4.79 Å². The number of rotatable bonds is 7. The van der Waals surface area contributed by atoms with Crippen LogP contribution in [0.1, 0.15) is 29.5 Å². The largest absolute Gasteiger partial charge is 0.368 e. The number of carbonyl (C=O) groups is 2. The molecule has 0 saturated heterocycles. The Morgan fingerprint density at radius 2 is 2.09 bits per heavy atom. The van der Waals surface area contributed by atoms with Crippen molar-refractivity contribution in [2.75, 3.05) is 10.6 Å². The SMILES string of the molecule is CC[C@@H](Nc1nnc(C(N)=O)c(Nc2cc(C)ns2)n1)C(N)=O. The molecule has 0 bridgehead atoms. The average molecular weight is 336 g/mol. The Balaban J connectivity index is 2.31. The van der Waals surface area contributed by atoms with Gasteiger partial charge < -0.3 is 22.1 Å². The highest BCUT2D eigenvalue weighted by atomic mass is 32.1. The molecule has 0 aromatic carbocycles. The summed E-state index contributed by atoms with van der Waals surface area (Å²) in [4.78, 5) is 26.9. The molecule has 0 aliphatic heterocycles. The van der Waals surface area contributed by atoms with Crippen LogP contribution < -0.4 is 22.1 Å². The number of aryl methyl sites for hydroxylation is 1. The van der Waals surface area contributed by atoms with Crippen molar-refractivity contribution >= 4 is 40.1 Å². The predicted octanol–water partition coefficient (Wildman–Crippen LogP) is 0.155. The van der Waals surface area contributed by atoms with E-state index in [2.05, 4.69) is 30.2 Å². The van der Waals surface area contributed by atoms with Gasteiger partial charge in [-0.1, -0.05) is 6.92 Å². The molecule has 2 aromatic rings. The zero-order valence-electron chi connectivity index (χ0n) is 12.5. The molecule has 11 heteroatoms. The molecule has 0 saturated carbocycles. The van der Waals surface area contributed by atoms with Gasteiger partial charge >= 0.3 is 0 Å². The van der Waals surface area contributed by atoms with Gasteiger partial charge in [-0.15, -0.1) is 10.2 Å². The van der Waals surface area contributed by atoms with Crippen LogP contribution in [0.5, 0.6) is 0 Å². The van der Waals surface area contributed by atoms with E-state index in [9.17, 15) is 9.59 Å². The molecule has 0 aliphatic rings. The molecule has 6 N–H and O–H groups in total. The van der Waals surface area contributed by atoms with Crippen LogP contribution in [0.25, 0.3) is 0 Å². The van der Waals surface area contributed by atoms with Crippen LogP contribution in [0, 0.1) is 6.92 Å². The molecule has 0 spiro atoms. The Kier molecular flexibility index (Phi) is 5.01. The Morgan fingerprint density at radius 1 is 1.35 bits per heavy atom. The van der Waals surface area contributed by atoms with Crippen LogP contribution in [-0.4, -0.2) is 37.4 Å². The smallest absolute Gasteiger partial charge is 0.273 e. The number of hydrogen-bond donors (Lipinski definition) is 4. The topological polar surface area (TPSA) is 162 Å². The highest BCUT2D eigenvalue weighted by Gasteiger charge is 2.18. The van der Waals surface area contributed by atoms with Crippen molar-refractivity contribution in [3.05, 3.63) is 17.5 Å². The van der Waals surface area contributed by atoms with E-state index in [1.807, 2.05) is 6.92 Å². The van der Waals surface area contributed by atoms with Crippen molar-refractivity contribution in [1.82, 2.24) is 19.6 Å². The second-order valence-electron chi connectivity index (χ2n) is 4.66. The maximum atomic E-state index is 11.4. The van der Waals surface area contributed by atoms with Gasteiger partial charge in [-0.25, -0.2) is 0 Å². The third kappa shape index (κ3) is 4.10. The van der Waals surface area contributed by atoms with Gasteiger partial charge in [0.05, 0.1) is 5.69 Å². The molecule has 1 atom stereocenters. The standard InChI is InChI=1S/C12H16N8O2S/c1-3-6(9(13)21)15-12-17-11(8(10(14)22)18-19-12)16-7-4-5(2)20-23-7/h4,6H,3H2,1-2H3,(H2,13,21)(H2,14,22)(H2,15,16,17,19)/t6-/m1/s1. The van der Waals surface area contributed by atoms with Crippen LogP contribution >= 0.6 is 11.5 Å². The molecule has 0 fully saturated rings. The van der Waals surface area contributed by atoms with Gasteiger partial charge in [-0.05, 0) is 30.9 Å². The summed E-state index contributed by atoms with van der Waals surface area (Å²) < 4.78 is 4.12. The first-order valence-electron chi connectivity index (χ1n) is 6.71. The number of nitrogens with one attached hydrogen (secondary N) is 2. The number of anilines is 3. The van der Waals surface area contributed by atoms with Crippen molar-refractivity contribution in [3.8, 4) is 0 Å². The quantitative estimate of drug-likeness (QED) is 0.555. The van der Waals surface area contributed by atoms with Crippen molar-refractivity contribution in [2.24, 2.45) is 11.5 Å². The van der Waals surface area contributed by atoms with Crippen molar-refractivity contribution in [3.63, 3.8) is 0 Å². The van der Waals surface area contributed by atoms with E-state index in [0.29, 0.717) is 11.4 Å². The minimum atomic E-state index is -0.776. The lowest BCUT2D eigenvalue weighted by atomic mass is 10.2. The monoisotopic (exact) mass is 336 g/mol. The molecule has 2 amide bonds. The molecule has 2 aromatic heterocycles. The van der Waals surface area contributed by atoms with E-state index in [4.69, 9.17) is 11.5 Å². The summed E-state index contributed by atoms with van der Waals surface area (Å²) in [5, 5.41) is 13.8. The number of carbonyl (C=O) groups excluding carboxylic acids is 2. The van der Waals surface area contributed by atoms with Gasteiger partial charge in [0.15, 0.2) is 11.5 Å². The number of hydrogen-bond acceptors (Lipinski definition) is 9. The van der Waals surface area contributed by atoms with Crippen molar-refractivity contribution in [2.45, 2.75) is 26.3 Å². The summed E-state index contributed by atoms with van der Waals surface area (Å²) >= 11 is 1.20. The van der Waals surface area contributed by atoms with Gasteiger partial charge in [0, 0.05) is 0 Å². The fourth-order valence-electron chi connectivity index (χ4n) is 1.71. The molecule has 122 valence electrons. The molecule has 0 unspecified atom stereocenters. The lowest BCUT2D eigenvalue weighted by Crippen LogP contribution is -2.35. The second kappa shape index (κ2) is 6.96. The van der Waals surface area contributed by atoms with Gasteiger partial charge in [0.2, 0.25) is 11.9 Å². The lowest BCUT2D eigenvalue weighted by molar-refractivity contribution is -0.118. The van der Waals surface area contributed by atoms with Gasteiger partial charge in [0.1, 0.15) is 11.0 Å². The minimum absolute atomic E-state index is 0.0596. The zero-order valence-corrected chi connectivity index (χ0v) is 13.3. The van der Waals surface area contributed by atoms with Crippen LogP contribution in [0.15, 0.2) is 6.07 Å². The number of nitrogens with zero attached hydrogens (tertiary/aromatic N) is 4. The van der Waals surface area contributed by atoms with Crippen molar-refractivity contribution in [1.29, 1.82) is 0 Å². The first-order valence-corrected chi connectivity index (χ1v) is 7.48. The number of aromatic nitrogens is 4. The fourth-order valence-corrected chi connectivity index (χ4v) is 2.37. The minimum Gasteiger partial charge on any atom is -0.368 e. The van der Waals surface area contributed by atoms with Crippen LogP contribution in [0.4, 0.5) is 16.8 Å². The molecule has 23 heavy (non-hydrogen) atoms. The molecular weight excluding hydrogens is 320 g/mol. The molecule has 0 radical (unpaired) electrons.